The molecule has 6 heteroatoms. The largest absolute Gasteiger partial charge is 0.467 e. The molecule has 6 nitrogen and oxygen atoms in total. The van der Waals surface area contributed by atoms with Crippen LogP contribution in [-0.4, -0.2) is 47.0 Å². The van der Waals surface area contributed by atoms with Gasteiger partial charge in [-0.2, -0.15) is 0 Å². The van der Waals surface area contributed by atoms with Crippen molar-refractivity contribution in [2.45, 2.75) is 37.8 Å². The second-order valence-corrected chi connectivity index (χ2v) is 6.53. The number of aromatic amines is 1. The summed E-state index contributed by atoms with van der Waals surface area (Å²) < 4.78 is 4.88. The topological polar surface area (TPSA) is 88.4 Å². The van der Waals surface area contributed by atoms with Gasteiger partial charge in [0.1, 0.15) is 5.54 Å². The Bertz CT molecular complexity index is 770. The first-order chi connectivity index (χ1) is 11.5. The number of H-pyrrole nitrogens is 1. The van der Waals surface area contributed by atoms with Crippen molar-refractivity contribution in [2.75, 3.05) is 13.7 Å². The van der Waals surface area contributed by atoms with E-state index in [1.807, 2.05) is 30.5 Å². The van der Waals surface area contributed by atoms with Crippen LogP contribution in [0.3, 0.4) is 0 Å². The van der Waals surface area contributed by atoms with Gasteiger partial charge in [0.05, 0.1) is 13.2 Å². The summed E-state index contributed by atoms with van der Waals surface area (Å²) in [5.41, 5.74) is 7.30. The van der Waals surface area contributed by atoms with Crippen molar-refractivity contribution in [1.82, 2.24) is 9.88 Å². The third-order valence-corrected chi connectivity index (χ3v) is 4.96. The van der Waals surface area contributed by atoms with Gasteiger partial charge < -0.3 is 20.4 Å². The molecule has 0 bridgehead atoms. The maximum Gasteiger partial charge on any atom is 0.331 e. The Kier molecular flexibility index (Phi) is 4.32. The average Bonchev–Trinajstić information content (AvgIpc) is 3.18. The number of esters is 1. The molecule has 1 unspecified atom stereocenters. The zero-order valence-corrected chi connectivity index (χ0v) is 14.0. The molecule has 1 aliphatic heterocycles. The molecule has 128 valence electrons. The first-order valence-electron chi connectivity index (χ1n) is 8.18. The lowest BCUT2D eigenvalue weighted by molar-refractivity contribution is -0.158. The van der Waals surface area contributed by atoms with Crippen LogP contribution >= 0.6 is 0 Å². The van der Waals surface area contributed by atoms with Gasteiger partial charge in [0.25, 0.3) is 0 Å². The van der Waals surface area contributed by atoms with E-state index in [9.17, 15) is 9.59 Å². The molecule has 2 heterocycles. The third kappa shape index (κ3) is 2.67. The molecule has 2 aromatic rings. The van der Waals surface area contributed by atoms with Gasteiger partial charge in [-0.15, -0.1) is 0 Å². The number of aromatic nitrogens is 1. The zero-order valence-electron chi connectivity index (χ0n) is 14.0. The summed E-state index contributed by atoms with van der Waals surface area (Å²) in [5.74, 6) is -0.585. The highest BCUT2D eigenvalue weighted by Crippen LogP contribution is 2.31. The normalized spacial score (nSPS) is 21.9. The van der Waals surface area contributed by atoms with Gasteiger partial charge in [-0.05, 0) is 37.8 Å². The maximum absolute atomic E-state index is 12.8. The quantitative estimate of drug-likeness (QED) is 0.834. The number of amides is 1. The number of ether oxygens (including phenoxy) is 1. The number of likely N-dealkylation sites (tertiary alicyclic amines) is 1. The number of carbonyl (C=O) groups excluding carboxylic acids is 2. The lowest BCUT2D eigenvalue weighted by Crippen LogP contribution is -2.56. The van der Waals surface area contributed by atoms with E-state index in [1.54, 1.807) is 11.8 Å². The number of rotatable bonds is 4. The summed E-state index contributed by atoms with van der Waals surface area (Å²) in [6, 6.07) is 7.22. The lowest BCUT2D eigenvalue weighted by atomic mass is 9.97. The fraction of sp³-hybridized carbons (Fsp3) is 0.444. The van der Waals surface area contributed by atoms with Crippen molar-refractivity contribution in [3.8, 4) is 0 Å². The minimum absolute atomic E-state index is 0.203. The highest BCUT2D eigenvalue weighted by molar-refractivity contribution is 5.91. The van der Waals surface area contributed by atoms with E-state index in [0.717, 1.165) is 22.9 Å². The van der Waals surface area contributed by atoms with Crippen molar-refractivity contribution in [2.24, 2.45) is 5.73 Å². The maximum atomic E-state index is 12.8. The first kappa shape index (κ1) is 16.5. The number of nitrogens with zero attached hydrogens (tertiary/aromatic N) is 1. The Morgan fingerprint density at radius 2 is 2.17 bits per heavy atom. The molecule has 1 aromatic heterocycles. The average molecular weight is 329 g/mol. The van der Waals surface area contributed by atoms with Gasteiger partial charge in [0, 0.05) is 23.6 Å². The molecule has 1 amide bonds. The molecule has 1 aliphatic rings. The van der Waals surface area contributed by atoms with Crippen LogP contribution in [0.1, 0.15) is 25.3 Å². The van der Waals surface area contributed by atoms with Gasteiger partial charge in [-0.1, -0.05) is 18.2 Å². The minimum Gasteiger partial charge on any atom is -0.467 e. The molecule has 2 atom stereocenters. The lowest BCUT2D eigenvalue weighted by Gasteiger charge is -2.34. The zero-order chi connectivity index (χ0) is 17.3. The summed E-state index contributed by atoms with van der Waals surface area (Å²) in [4.78, 5) is 29.7. The molecule has 24 heavy (non-hydrogen) atoms. The molecule has 0 saturated carbocycles. The van der Waals surface area contributed by atoms with Crippen molar-refractivity contribution in [1.29, 1.82) is 0 Å². The smallest absolute Gasteiger partial charge is 0.331 e. The predicted octanol–water partition coefficient (Wildman–Crippen LogP) is 1.59. The van der Waals surface area contributed by atoms with Crippen LogP contribution < -0.4 is 5.73 Å². The Hall–Kier alpha value is -2.34. The van der Waals surface area contributed by atoms with E-state index in [1.165, 1.54) is 7.11 Å². The molecular formula is C18H23N3O3. The number of nitrogens with two attached hydrogens (primary N) is 1. The van der Waals surface area contributed by atoms with E-state index >= 15 is 0 Å². The summed E-state index contributed by atoms with van der Waals surface area (Å²) in [6.07, 6.45) is 3.69. The van der Waals surface area contributed by atoms with Crippen LogP contribution in [0.5, 0.6) is 0 Å². The first-order valence-corrected chi connectivity index (χ1v) is 8.18. The summed E-state index contributed by atoms with van der Waals surface area (Å²) in [7, 11) is 1.35. The van der Waals surface area contributed by atoms with E-state index in [-0.39, 0.29) is 11.9 Å². The van der Waals surface area contributed by atoms with Crippen LogP contribution in [0.4, 0.5) is 0 Å². The number of hydrogen-bond donors (Lipinski definition) is 2. The van der Waals surface area contributed by atoms with Gasteiger partial charge in [0.2, 0.25) is 5.91 Å². The molecule has 0 spiro atoms. The van der Waals surface area contributed by atoms with E-state index in [2.05, 4.69) is 4.98 Å². The highest BCUT2D eigenvalue weighted by Gasteiger charge is 2.47. The number of fused-ring (bicyclic) bond motifs is 1. The highest BCUT2D eigenvalue weighted by atomic mass is 16.5. The van der Waals surface area contributed by atoms with Gasteiger partial charge in [-0.3, -0.25) is 4.79 Å². The van der Waals surface area contributed by atoms with Crippen molar-refractivity contribution in [3.63, 3.8) is 0 Å². The standard InChI is InChI=1S/C18H23N3O3/c1-18(17(23)24-2)8-5-9-21(18)16(22)14(19)10-12-11-20-15-7-4-3-6-13(12)15/h3-4,6-7,11,14,20H,5,8-10,19H2,1-2H3/t14-,18?/m1/s1. The molecule has 3 N–H and O–H groups in total. The number of para-hydroxylation sites is 1. The summed E-state index contributed by atoms with van der Waals surface area (Å²) >= 11 is 0. The van der Waals surface area contributed by atoms with Gasteiger partial charge in [-0.25, -0.2) is 4.79 Å². The van der Waals surface area contributed by atoms with Gasteiger partial charge >= 0.3 is 5.97 Å². The Balaban J connectivity index is 1.78. The Morgan fingerprint density at radius 3 is 2.92 bits per heavy atom. The minimum atomic E-state index is -0.913. The van der Waals surface area contributed by atoms with Crippen molar-refractivity contribution >= 4 is 22.8 Å². The molecule has 1 fully saturated rings. The van der Waals surface area contributed by atoms with Crippen LogP contribution in [0.2, 0.25) is 0 Å². The van der Waals surface area contributed by atoms with Crippen molar-refractivity contribution < 1.29 is 14.3 Å². The second kappa shape index (κ2) is 6.28. The monoisotopic (exact) mass is 329 g/mol. The fourth-order valence-corrected chi connectivity index (χ4v) is 3.57. The third-order valence-electron chi connectivity index (χ3n) is 4.96. The Labute approximate surface area is 141 Å². The summed E-state index contributed by atoms with van der Waals surface area (Å²) in [6.45, 7) is 2.29. The number of methoxy groups -OCH3 is 1. The van der Waals surface area contributed by atoms with Crippen LogP contribution in [0.25, 0.3) is 10.9 Å². The molecule has 1 aromatic carbocycles. The molecular weight excluding hydrogens is 306 g/mol. The molecule has 1 saturated heterocycles. The second-order valence-electron chi connectivity index (χ2n) is 6.53. The number of benzene rings is 1. The van der Waals surface area contributed by atoms with E-state index in [4.69, 9.17) is 10.5 Å². The van der Waals surface area contributed by atoms with Crippen LogP contribution in [0, 0.1) is 0 Å². The summed E-state index contributed by atoms with van der Waals surface area (Å²) in [5, 5.41) is 1.07. The van der Waals surface area contributed by atoms with Crippen molar-refractivity contribution in [3.05, 3.63) is 36.0 Å². The van der Waals surface area contributed by atoms with E-state index in [0.29, 0.717) is 19.4 Å². The van der Waals surface area contributed by atoms with Crippen LogP contribution in [-0.2, 0) is 20.7 Å². The number of nitrogens with one attached hydrogen (secondary N) is 1. The molecule has 0 aliphatic carbocycles. The number of hydrogen-bond acceptors (Lipinski definition) is 4. The predicted molar refractivity (Wildman–Crippen MR) is 91.3 cm³/mol. The Morgan fingerprint density at radius 1 is 1.42 bits per heavy atom. The van der Waals surface area contributed by atoms with Gasteiger partial charge in [0.15, 0.2) is 0 Å². The molecule has 0 radical (unpaired) electrons. The SMILES string of the molecule is COC(=O)C1(C)CCCN1C(=O)[C@H](N)Cc1c[nH]c2ccccc12. The number of carbonyl (C=O) groups is 2. The van der Waals surface area contributed by atoms with Crippen LogP contribution in [0.15, 0.2) is 30.5 Å². The van der Waals surface area contributed by atoms with E-state index < -0.39 is 11.6 Å². The fourth-order valence-electron chi connectivity index (χ4n) is 3.57. The molecule has 3 rings (SSSR count).